The van der Waals surface area contributed by atoms with Crippen molar-refractivity contribution in [2.45, 2.75) is 51.7 Å². The molecular weight excluding hydrogens is 220 g/mol. The van der Waals surface area contributed by atoms with Gasteiger partial charge in [0.25, 0.3) is 0 Å². The van der Waals surface area contributed by atoms with Crippen LogP contribution in [0.5, 0.6) is 0 Å². The van der Waals surface area contributed by atoms with Crippen LogP contribution in [-0.2, 0) is 0 Å². The van der Waals surface area contributed by atoms with Crippen molar-refractivity contribution in [1.82, 2.24) is 10.2 Å². The molecule has 1 fully saturated rings. The minimum atomic E-state index is 0.450. The summed E-state index contributed by atoms with van der Waals surface area (Å²) in [4.78, 5) is 2.45. The Morgan fingerprint density at radius 1 is 1.39 bits per heavy atom. The van der Waals surface area contributed by atoms with Crippen molar-refractivity contribution in [1.29, 1.82) is 0 Å². The molecule has 1 N–H and O–H groups in total. The van der Waals surface area contributed by atoms with Crippen LogP contribution in [0.4, 0.5) is 0 Å². The SMILES string of the molecule is Cc1cccc(C(C)NC2CCN(C)C(C)C2)c1. The van der Waals surface area contributed by atoms with Crippen LogP contribution in [0, 0.1) is 6.92 Å². The highest BCUT2D eigenvalue weighted by Crippen LogP contribution is 2.20. The van der Waals surface area contributed by atoms with Crippen LogP contribution < -0.4 is 5.32 Å². The lowest BCUT2D eigenvalue weighted by Gasteiger charge is -2.36. The Kier molecular flexibility index (Phi) is 4.41. The highest BCUT2D eigenvalue weighted by Gasteiger charge is 2.23. The summed E-state index contributed by atoms with van der Waals surface area (Å²) < 4.78 is 0. The smallest absolute Gasteiger partial charge is 0.0294 e. The van der Waals surface area contributed by atoms with Crippen molar-refractivity contribution in [2.75, 3.05) is 13.6 Å². The number of likely N-dealkylation sites (tertiary alicyclic amines) is 1. The van der Waals surface area contributed by atoms with E-state index in [0.29, 0.717) is 18.1 Å². The molecule has 3 unspecified atom stereocenters. The first-order chi connectivity index (χ1) is 8.56. The molecule has 100 valence electrons. The second-order valence-electron chi connectivity index (χ2n) is 5.85. The summed E-state index contributed by atoms with van der Waals surface area (Å²) in [7, 11) is 2.23. The molecule has 2 nitrogen and oxygen atoms in total. The number of hydrogen-bond acceptors (Lipinski definition) is 2. The maximum atomic E-state index is 3.79. The van der Waals surface area contributed by atoms with E-state index >= 15 is 0 Å². The molecule has 1 aromatic rings. The van der Waals surface area contributed by atoms with Gasteiger partial charge in [-0.1, -0.05) is 29.8 Å². The van der Waals surface area contributed by atoms with Gasteiger partial charge >= 0.3 is 0 Å². The molecule has 3 atom stereocenters. The predicted molar refractivity (Wildman–Crippen MR) is 77.8 cm³/mol. The minimum Gasteiger partial charge on any atom is -0.307 e. The third-order valence-electron chi connectivity index (χ3n) is 4.24. The van der Waals surface area contributed by atoms with Crippen molar-refractivity contribution in [3.05, 3.63) is 35.4 Å². The van der Waals surface area contributed by atoms with Crippen molar-refractivity contribution in [3.63, 3.8) is 0 Å². The zero-order valence-electron chi connectivity index (χ0n) is 12.1. The zero-order valence-corrected chi connectivity index (χ0v) is 12.1. The normalized spacial score (nSPS) is 27.1. The fraction of sp³-hybridized carbons (Fsp3) is 0.625. The number of nitrogens with zero attached hydrogens (tertiary/aromatic N) is 1. The molecule has 0 aromatic heterocycles. The second kappa shape index (κ2) is 5.85. The van der Waals surface area contributed by atoms with Gasteiger partial charge in [-0.25, -0.2) is 0 Å². The summed E-state index contributed by atoms with van der Waals surface area (Å²) in [5.74, 6) is 0. The summed E-state index contributed by atoms with van der Waals surface area (Å²) in [6.07, 6.45) is 2.52. The maximum Gasteiger partial charge on any atom is 0.0294 e. The summed E-state index contributed by atoms with van der Waals surface area (Å²) >= 11 is 0. The molecule has 1 heterocycles. The molecule has 0 amide bonds. The molecule has 0 bridgehead atoms. The van der Waals surface area contributed by atoms with Crippen molar-refractivity contribution < 1.29 is 0 Å². The molecular formula is C16H26N2. The van der Waals surface area contributed by atoms with Gasteiger partial charge < -0.3 is 10.2 Å². The molecule has 0 saturated carbocycles. The first kappa shape index (κ1) is 13.6. The molecule has 0 aliphatic carbocycles. The van der Waals surface area contributed by atoms with E-state index < -0.39 is 0 Å². The summed E-state index contributed by atoms with van der Waals surface area (Å²) in [5, 5.41) is 3.79. The van der Waals surface area contributed by atoms with E-state index in [1.807, 2.05) is 0 Å². The lowest BCUT2D eigenvalue weighted by atomic mass is 9.97. The average Bonchev–Trinajstić information content (AvgIpc) is 2.34. The van der Waals surface area contributed by atoms with E-state index in [2.05, 4.69) is 62.3 Å². The third-order valence-corrected chi connectivity index (χ3v) is 4.24. The first-order valence-electron chi connectivity index (χ1n) is 7.09. The Balaban J connectivity index is 1.93. The number of benzene rings is 1. The monoisotopic (exact) mass is 246 g/mol. The minimum absolute atomic E-state index is 0.450. The Bertz CT molecular complexity index is 388. The second-order valence-corrected chi connectivity index (χ2v) is 5.85. The van der Waals surface area contributed by atoms with Gasteiger partial charge in [0.1, 0.15) is 0 Å². The lowest BCUT2D eigenvalue weighted by Crippen LogP contribution is -2.46. The van der Waals surface area contributed by atoms with Gasteiger partial charge in [-0.15, -0.1) is 0 Å². The largest absolute Gasteiger partial charge is 0.307 e. The third kappa shape index (κ3) is 3.33. The number of aryl methyl sites for hydroxylation is 1. The van der Waals surface area contributed by atoms with Crippen LogP contribution in [0.2, 0.25) is 0 Å². The van der Waals surface area contributed by atoms with Crippen molar-refractivity contribution >= 4 is 0 Å². The Morgan fingerprint density at radius 2 is 2.17 bits per heavy atom. The van der Waals surface area contributed by atoms with E-state index in [-0.39, 0.29) is 0 Å². The molecule has 18 heavy (non-hydrogen) atoms. The van der Waals surface area contributed by atoms with E-state index in [1.165, 1.54) is 30.5 Å². The first-order valence-corrected chi connectivity index (χ1v) is 7.09. The van der Waals surface area contributed by atoms with E-state index in [1.54, 1.807) is 0 Å². The van der Waals surface area contributed by atoms with Gasteiger partial charge in [-0.05, 0) is 52.8 Å². The van der Waals surface area contributed by atoms with E-state index in [9.17, 15) is 0 Å². The Morgan fingerprint density at radius 3 is 2.83 bits per heavy atom. The van der Waals surface area contributed by atoms with Gasteiger partial charge in [-0.2, -0.15) is 0 Å². The molecule has 1 saturated heterocycles. The summed E-state index contributed by atoms with van der Waals surface area (Å²) in [6, 6.07) is 10.6. The van der Waals surface area contributed by atoms with Crippen LogP contribution in [0.25, 0.3) is 0 Å². The predicted octanol–water partition coefficient (Wildman–Crippen LogP) is 3.13. The van der Waals surface area contributed by atoms with Gasteiger partial charge in [0.2, 0.25) is 0 Å². The molecule has 1 aliphatic heterocycles. The Hall–Kier alpha value is -0.860. The van der Waals surface area contributed by atoms with Gasteiger partial charge in [-0.3, -0.25) is 0 Å². The number of piperidine rings is 1. The highest BCUT2D eigenvalue weighted by molar-refractivity contribution is 5.24. The fourth-order valence-corrected chi connectivity index (χ4v) is 2.83. The number of nitrogens with one attached hydrogen (secondary N) is 1. The number of rotatable bonds is 3. The highest BCUT2D eigenvalue weighted by atomic mass is 15.1. The molecule has 2 rings (SSSR count). The van der Waals surface area contributed by atoms with Crippen LogP contribution >= 0.6 is 0 Å². The molecule has 1 aromatic carbocycles. The van der Waals surface area contributed by atoms with Crippen LogP contribution in [0.3, 0.4) is 0 Å². The van der Waals surface area contributed by atoms with Crippen LogP contribution in [0.15, 0.2) is 24.3 Å². The van der Waals surface area contributed by atoms with Crippen LogP contribution in [-0.4, -0.2) is 30.6 Å². The number of hydrogen-bond donors (Lipinski definition) is 1. The van der Waals surface area contributed by atoms with Crippen molar-refractivity contribution in [3.8, 4) is 0 Å². The molecule has 0 spiro atoms. The van der Waals surface area contributed by atoms with Gasteiger partial charge in [0, 0.05) is 18.1 Å². The summed E-state index contributed by atoms with van der Waals surface area (Å²) in [6.45, 7) is 7.97. The molecule has 1 aliphatic rings. The standard InChI is InChI=1S/C16H26N2/c1-12-6-5-7-15(10-12)14(3)17-16-8-9-18(4)13(2)11-16/h5-7,10,13-14,16-17H,8-9,11H2,1-4H3. The topological polar surface area (TPSA) is 15.3 Å². The maximum absolute atomic E-state index is 3.79. The lowest BCUT2D eigenvalue weighted by molar-refractivity contribution is 0.163. The molecule has 2 heteroatoms. The van der Waals surface area contributed by atoms with E-state index in [0.717, 1.165) is 0 Å². The zero-order chi connectivity index (χ0) is 13.1. The fourth-order valence-electron chi connectivity index (χ4n) is 2.83. The van der Waals surface area contributed by atoms with Crippen LogP contribution in [0.1, 0.15) is 43.9 Å². The average molecular weight is 246 g/mol. The summed E-state index contributed by atoms with van der Waals surface area (Å²) in [5.41, 5.74) is 2.75. The van der Waals surface area contributed by atoms with Gasteiger partial charge in [0.15, 0.2) is 0 Å². The molecule has 0 radical (unpaired) electrons. The van der Waals surface area contributed by atoms with Gasteiger partial charge in [0.05, 0.1) is 0 Å². The van der Waals surface area contributed by atoms with Crippen molar-refractivity contribution in [2.24, 2.45) is 0 Å². The van der Waals surface area contributed by atoms with E-state index in [4.69, 9.17) is 0 Å². The Labute approximate surface area is 111 Å². The quantitative estimate of drug-likeness (QED) is 0.881.